The van der Waals surface area contributed by atoms with Crippen molar-refractivity contribution in [3.8, 4) is 17.2 Å². The number of nitriles is 1. The molecule has 4 N–H and O–H groups in total. The normalized spacial score (nSPS) is 15.0. The van der Waals surface area contributed by atoms with Gasteiger partial charge in [-0.15, -0.1) is 0 Å². The Bertz CT molecular complexity index is 1520. The molecule has 1 fully saturated rings. The molecule has 0 bridgehead atoms. The number of anilines is 1. The first-order chi connectivity index (χ1) is 19.9. The lowest BCUT2D eigenvalue weighted by atomic mass is 9.86. The Kier molecular flexibility index (Phi) is 9.34. The van der Waals surface area contributed by atoms with E-state index >= 15 is 0 Å². The molecule has 1 saturated heterocycles. The van der Waals surface area contributed by atoms with E-state index in [1.54, 1.807) is 16.2 Å². The predicted molar refractivity (Wildman–Crippen MR) is 129 cm³/mol. The molecule has 232 valence electrons. The fourth-order valence-electron chi connectivity index (χ4n) is 4.03. The molecule has 0 spiro atoms. The van der Waals surface area contributed by atoms with Gasteiger partial charge in [0.15, 0.2) is 0 Å². The lowest BCUT2D eigenvalue weighted by Crippen LogP contribution is -2.63. The van der Waals surface area contributed by atoms with Crippen LogP contribution in [0.2, 0.25) is 0 Å². The third kappa shape index (κ3) is 7.20. The SMILES string of the molecule is CC(NC(=O)c1cc(F)c(N2CC(CC#N)(n3cc(-c4cn[nH]c4CO)cn3)C2)cc1F)C(F)(F)F.O=C(O)C(F)(F)F. The van der Waals surface area contributed by atoms with Crippen LogP contribution in [0.3, 0.4) is 0 Å². The Balaban J connectivity index is 0.000000646. The highest BCUT2D eigenvalue weighted by Crippen LogP contribution is 2.38. The van der Waals surface area contributed by atoms with Crippen LogP contribution in [0.1, 0.15) is 29.4 Å². The second-order valence-corrected chi connectivity index (χ2v) is 9.33. The highest BCUT2D eigenvalue weighted by Gasteiger charge is 2.47. The van der Waals surface area contributed by atoms with E-state index in [-0.39, 0.29) is 31.8 Å². The van der Waals surface area contributed by atoms with Crippen molar-refractivity contribution in [2.24, 2.45) is 0 Å². The lowest BCUT2D eigenvalue weighted by Gasteiger charge is -2.50. The fraction of sp³-hybridized carbons (Fsp3) is 0.375. The Labute approximate surface area is 236 Å². The van der Waals surface area contributed by atoms with Gasteiger partial charge in [0, 0.05) is 36.5 Å². The number of amides is 1. The van der Waals surface area contributed by atoms with Crippen LogP contribution >= 0.6 is 0 Å². The number of alkyl halides is 6. The molecule has 4 rings (SSSR count). The smallest absolute Gasteiger partial charge is 0.475 e. The Morgan fingerprint density at radius 3 is 2.33 bits per heavy atom. The van der Waals surface area contributed by atoms with E-state index < -0.39 is 53.0 Å². The number of hydrogen-bond donors (Lipinski definition) is 4. The van der Waals surface area contributed by atoms with E-state index in [4.69, 9.17) is 9.90 Å². The average Bonchev–Trinajstić information content (AvgIpc) is 3.56. The minimum Gasteiger partial charge on any atom is -0.475 e. The van der Waals surface area contributed by atoms with Gasteiger partial charge in [0.25, 0.3) is 5.91 Å². The number of aliphatic hydroxyl groups is 1. The molecule has 43 heavy (non-hydrogen) atoms. The number of carboxylic acid groups (broad SMARTS) is 1. The molecular weight excluding hydrogens is 602 g/mol. The van der Waals surface area contributed by atoms with Gasteiger partial charge < -0.3 is 20.4 Å². The van der Waals surface area contributed by atoms with Crippen molar-refractivity contribution in [2.75, 3.05) is 18.0 Å². The summed E-state index contributed by atoms with van der Waals surface area (Å²) in [4.78, 5) is 22.4. The Hall–Kier alpha value is -4.73. The number of benzene rings is 1. The van der Waals surface area contributed by atoms with Crippen molar-refractivity contribution in [1.29, 1.82) is 5.26 Å². The van der Waals surface area contributed by atoms with Crippen LogP contribution in [0, 0.1) is 23.0 Å². The molecule has 1 unspecified atom stereocenters. The van der Waals surface area contributed by atoms with E-state index in [0.717, 1.165) is 6.07 Å². The number of halogens is 8. The van der Waals surface area contributed by atoms with Crippen LogP contribution in [-0.4, -0.2) is 73.6 Å². The number of carbonyl (C=O) groups excluding carboxylic acids is 1. The highest BCUT2D eigenvalue weighted by atomic mass is 19.4. The maximum Gasteiger partial charge on any atom is 0.490 e. The van der Waals surface area contributed by atoms with E-state index in [1.807, 2.05) is 0 Å². The summed E-state index contributed by atoms with van der Waals surface area (Å²) in [5.74, 6) is -6.34. The molecule has 3 aromatic rings. The third-order valence-electron chi connectivity index (χ3n) is 6.34. The van der Waals surface area contributed by atoms with Crippen LogP contribution in [0.25, 0.3) is 11.1 Å². The number of aliphatic carboxylic acids is 1. The summed E-state index contributed by atoms with van der Waals surface area (Å²) >= 11 is 0. The average molecular weight is 623 g/mol. The van der Waals surface area contributed by atoms with E-state index in [9.17, 15) is 50.3 Å². The zero-order valence-electron chi connectivity index (χ0n) is 21.8. The lowest BCUT2D eigenvalue weighted by molar-refractivity contribution is -0.192. The summed E-state index contributed by atoms with van der Waals surface area (Å²) in [6.45, 7) is 0.568. The molecular formula is C24H21F8N7O4. The van der Waals surface area contributed by atoms with Gasteiger partial charge >= 0.3 is 18.3 Å². The van der Waals surface area contributed by atoms with Crippen LogP contribution in [0.15, 0.2) is 30.7 Å². The van der Waals surface area contributed by atoms with Gasteiger partial charge in [-0.2, -0.15) is 41.8 Å². The van der Waals surface area contributed by atoms with Crippen LogP contribution in [-0.2, 0) is 16.9 Å². The van der Waals surface area contributed by atoms with Gasteiger partial charge in [-0.3, -0.25) is 14.6 Å². The summed E-state index contributed by atoms with van der Waals surface area (Å²) in [6.07, 6.45) is -5.12. The van der Waals surface area contributed by atoms with Gasteiger partial charge in [0.05, 0.1) is 48.4 Å². The first kappa shape index (κ1) is 32.8. The number of rotatable bonds is 7. The molecule has 0 radical (unpaired) electrons. The second-order valence-electron chi connectivity index (χ2n) is 9.33. The van der Waals surface area contributed by atoms with Gasteiger partial charge in [0.2, 0.25) is 0 Å². The Morgan fingerprint density at radius 1 is 1.16 bits per heavy atom. The summed E-state index contributed by atoms with van der Waals surface area (Å²) in [7, 11) is 0. The molecule has 0 saturated carbocycles. The van der Waals surface area contributed by atoms with E-state index in [0.29, 0.717) is 29.8 Å². The molecule has 1 aliphatic heterocycles. The summed E-state index contributed by atoms with van der Waals surface area (Å²) in [5.41, 5.74) is -0.195. The van der Waals surface area contributed by atoms with Gasteiger partial charge in [-0.1, -0.05) is 0 Å². The van der Waals surface area contributed by atoms with Gasteiger partial charge in [-0.25, -0.2) is 13.6 Å². The number of aromatic amines is 1. The number of hydrogen-bond acceptors (Lipinski definition) is 7. The zero-order chi connectivity index (χ0) is 32.3. The minimum atomic E-state index is -5.08. The molecule has 1 aliphatic rings. The third-order valence-corrected chi connectivity index (χ3v) is 6.34. The number of nitrogens with zero attached hydrogens (tertiary/aromatic N) is 5. The largest absolute Gasteiger partial charge is 0.490 e. The van der Waals surface area contributed by atoms with Crippen molar-refractivity contribution in [3.05, 3.63) is 53.6 Å². The molecule has 3 heterocycles. The van der Waals surface area contributed by atoms with Gasteiger partial charge in [-0.05, 0) is 13.0 Å². The van der Waals surface area contributed by atoms with Crippen LogP contribution in [0.5, 0.6) is 0 Å². The summed E-state index contributed by atoms with van der Waals surface area (Å²) < 4.78 is 101. The molecule has 2 aromatic heterocycles. The van der Waals surface area contributed by atoms with Crippen LogP contribution < -0.4 is 10.2 Å². The number of carboxylic acids is 1. The molecule has 11 nitrogen and oxygen atoms in total. The summed E-state index contributed by atoms with van der Waals surface area (Å²) in [5, 5.41) is 38.4. The zero-order valence-corrected chi connectivity index (χ0v) is 21.8. The standard InChI is InChI=1S/C22H20F5N7O2.C2HF3O2/c1-12(22(25,26)27)31-20(36)14-4-17(24)19(5-16(14)23)33-10-21(11-33,2-3-28)34-8-13(6-30-34)15-7-29-32-18(15)9-35;3-2(4,5)1(6)7/h4-8,12,35H,2,9-11H2,1H3,(H,29,32)(H,31,36);(H,6,7). The quantitative estimate of drug-likeness (QED) is 0.291. The first-order valence-corrected chi connectivity index (χ1v) is 11.9. The highest BCUT2D eigenvalue weighted by molar-refractivity contribution is 5.95. The minimum absolute atomic E-state index is 0.00276. The maximum atomic E-state index is 14.8. The fourth-order valence-corrected chi connectivity index (χ4v) is 4.03. The van der Waals surface area contributed by atoms with Gasteiger partial charge in [0.1, 0.15) is 23.2 Å². The molecule has 1 amide bonds. The summed E-state index contributed by atoms with van der Waals surface area (Å²) in [6, 6.07) is 1.12. The number of carbonyl (C=O) groups is 2. The van der Waals surface area contributed by atoms with Crippen molar-refractivity contribution in [3.63, 3.8) is 0 Å². The van der Waals surface area contributed by atoms with Crippen molar-refractivity contribution in [2.45, 2.75) is 43.9 Å². The number of nitrogens with one attached hydrogen (secondary N) is 2. The number of H-pyrrole nitrogens is 1. The van der Waals surface area contributed by atoms with Crippen molar-refractivity contribution >= 4 is 17.6 Å². The molecule has 1 aromatic carbocycles. The molecule has 19 heteroatoms. The number of aliphatic hydroxyl groups excluding tert-OH is 1. The molecule has 1 atom stereocenters. The molecule has 0 aliphatic carbocycles. The van der Waals surface area contributed by atoms with E-state index in [1.165, 1.54) is 17.3 Å². The van der Waals surface area contributed by atoms with Crippen molar-refractivity contribution in [1.82, 2.24) is 25.3 Å². The van der Waals surface area contributed by atoms with Crippen LogP contribution in [0.4, 0.5) is 40.8 Å². The first-order valence-electron chi connectivity index (χ1n) is 11.9. The topological polar surface area (TPSA) is 160 Å². The maximum absolute atomic E-state index is 14.8. The monoisotopic (exact) mass is 623 g/mol. The number of aromatic nitrogens is 4. The van der Waals surface area contributed by atoms with E-state index in [2.05, 4.69) is 21.4 Å². The van der Waals surface area contributed by atoms with Crippen molar-refractivity contribution < 1.29 is 54.9 Å². The predicted octanol–water partition coefficient (Wildman–Crippen LogP) is 3.49. The second kappa shape index (κ2) is 12.2. The Morgan fingerprint density at radius 2 is 1.79 bits per heavy atom.